The maximum atomic E-state index is 12.4. The summed E-state index contributed by atoms with van der Waals surface area (Å²) in [5.41, 5.74) is 0.456. The maximum absolute atomic E-state index is 12.4. The van der Waals surface area contributed by atoms with E-state index in [9.17, 15) is 9.59 Å². The molecule has 1 saturated heterocycles. The fraction of sp³-hybridized carbons (Fsp3) is 0.529. The number of carbonyl (C=O) groups is 2. The highest BCUT2D eigenvalue weighted by molar-refractivity contribution is 6.30. The van der Waals surface area contributed by atoms with Crippen LogP contribution in [0.25, 0.3) is 0 Å². The van der Waals surface area contributed by atoms with Gasteiger partial charge in [0.2, 0.25) is 0 Å². The summed E-state index contributed by atoms with van der Waals surface area (Å²) < 4.78 is 11.0. The Kier molecular flexibility index (Phi) is 5.65. The van der Waals surface area contributed by atoms with Crippen LogP contribution < -0.4 is 0 Å². The number of hydrogen-bond donors (Lipinski definition) is 0. The Hall–Kier alpha value is -1.59. The van der Waals surface area contributed by atoms with Gasteiger partial charge < -0.3 is 14.3 Å². The van der Waals surface area contributed by atoms with Gasteiger partial charge in [0.05, 0.1) is 19.2 Å². The van der Waals surface area contributed by atoms with Crippen molar-refractivity contribution in [3.8, 4) is 0 Å². The van der Waals surface area contributed by atoms with Crippen LogP contribution in [-0.4, -0.2) is 48.2 Å². The van der Waals surface area contributed by atoms with Crippen LogP contribution in [-0.2, 0) is 20.7 Å². The summed E-state index contributed by atoms with van der Waals surface area (Å²) in [4.78, 5) is 25.0. The summed E-state index contributed by atoms with van der Waals surface area (Å²) in [7, 11) is 0. The zero-order chi connectivity index (χ0) is 17.0. The monoisotopic (exact) mass is 339 g/mol. The van der Waals surface area contributed by atoms with Crippen LogP contribution in [0.2, 0.25) is 5.02 Å². The summed E-state index contributed by atoms with van der Waals surface area (Å²) in [6.07, 6.45) is 0.299. The van der Waals surface area contributed by atoms with Crippen molar-refractivity contribution in [3.05, 3.63) is 34.9 Å². The topological polar surface area (TPSA) is 55.8 Å². The molecule has 1 aliphatic heterocycles. The highest BCUT2D eigenvalue weighted by Gasteiger charge is 2.34. The largest absolute Gasteiger partial charge is 0.444 e. The lowest BCUT2D eigenvalue weighted by Crippen LogP contribution is -2.54. The Morgan fingerprint density at radius 1 is 1.39 bits per heavy atom. The maximum Gasteiger partial charge on any atom is 0.410 e. The van der Waals surface area contributed by atoms with Crippen molar-refractivity contribution in [2.24, 2.45) is 0 Å². The van der Waals surface area contributed by atoms with E-state index in [0.717, 1.165) is 11.8 Å². The first-order chi connectivity index (χ1) is 10.8. The van der Waals surface area contributed by atoms with Crippen molar-refractivity contribution in [2.75, 3.05) is 13.2 Å². The zero-order valence-corrected chi connectivity index (χ0v) is 14.4. The first kappa shape index (κ1) is 17.8. The predicted molar refractivity (Wildman–Crippen MR) is 87.7 cm³/mol. The van der Waals surface area contributed by atoms with E-state index in [-0.39, 0.29) is 12.6 Å². The highest BCUT2D eigenvalue weighted by Crippen LogP contribution is 2.20. The van der Waals surface area contributed by atoms with E-state index in [1.54, 1.807) is 4.90 Å². The van der Waals surface area contributed by atoms with Gasteiger partial charge in [-0.1, -0.05) is 23.7 Å². The van der Waals surface area contributed by atoms with Gasteiger partial charge in [-0.05, 0) is 44.9 Å². The first-order valence-electron chi connectivity index (χ1n) is 7.59. The standard InChI is InChI=1S/C17H22ClNO4/c1-17(2,3)23-16(21)19-9-15(10-20)22-11-14(19)8-12-4-6-13(18)7-5-12/h4-7,10,14-15H,8-9,11H2,1-3H3. The third-order valence-electron chi connectivity index (χ3n) is 3.48. The van der Waals surface area contributed by atoms with Crippen LogP contribution in [0, 0.1) is 0 Å². The zero-order valence-electron chi connectivity index (χ0n) is 13.6. The molecule has 2 rings (SSSR count). The van der Waals surface area contributed by atoms with Gasteiger partial charge in [0.15, 0.2) is 6.29 Å². The summed E-state index contributed by atoms with van der Waals surface area (Å²) in [6, 6.07) is 7.28. The van der Waals surface area contributed by atoms with Crippen molar-refractivity contribution in [1.82, 2.24) is 4.90 Å². The molecule has 126 valence electrons. The van der Waals surface area contributed by atoms with Crippen molar-refractivity contribution in [2.45, 2.75) is 44.9 Å². The molecule has 6 heteroatoms. The average Bonchev–Trinajstić information content (AvgIpc) is 2.48. The minimum absolute atomic E-state index is 0.178. The summed E-state index contributed by atoms with van der Waals surface area (Å²) in [5, 5.41) is 0.665. The molecule has 0 saturated carbocycles. The molecule has 0 radical (unpaired) electrons. The van der Waals surface area contributed by atoms with Crippen molar-refractivity contribution < 1.29 is 19.1 Å². The number of morpholine rings is 1. The van der Waals surface area contributed by atoms with Crippen LogP contribution in [0.1, 0.15) is 26.3 Å². The minimum Gasteiger partial charge on any atom is -0.444 e. The molecule has 2 atom stereocenters. The Morgan fingerprint density at radius 3 is 2.61 bits per heavy atom. The predicted octanol–water partition coefficient (Wildman–Crippen LogP) is 3.09. The van der Waals surface area contributed by atoms with E-state index >= 15 is 0 Å². The molecule has 0 bridgehead atoms. The van der Waals surface area contributed by atoms with Gasteiger partial charge >= 0.3 is 6.09 Å². The molecule has 1 fully saturated rings. The van der Waals surface area contributed by atoms with E-state index in [1.807, 2.05) is 45.0 Å². The van der Waals surface area contributed by atoms with E-state index < -0.39 is 17.8 Å². The lowest BCUT2D eigenvalue weighted by molar-refractivity contribution is -0.126. The molecule has 1 aliphatic rings. The molecule has 2 unspecified atom stereocenters. The molecule has 23 heavy (non-hydrogen) atoms. The SMILES string of the molecule is CC(C)(C)OC(=O)N1CC(C=O)OCC1Cc1ccc(Cl)cc1. The third kappa shape index (κ3) is 5.22. The van der Waals surface area contributed by atoms with E-state index in [4.69, 9.17) is 21.1 Å². The number of ether oxygens (including phenoxy) is 2. The van der Waals surface area contributed by atoms with Gasteiger partial charge in [-0.15, -0.1) is 0 Å². The number of carbonyl (C=O) groups excluding carboxylic acids is 2. The normalized spacial score (nSPS) is 21.8. The van der Waals surface area contributed by atoms with Crippen LogP contribution in [0.3, 0.4) is 0 Å². The number of amides is 1. The molecule has 0 aliphatic carbocycles. The molecule has 1 amide bonds. The molecule has 0 spiro atoms. The molecular weight excluding hydrogens is 318 g/mol. The lowest BCUT2D eigenvalue weighted by atomic mass is 10.0. The smallest absolute Gasteiger partial charge is 0.410 e. The number of hydrogen-bond acceptors (Lipinski definition) is 4. The van der Waals surface area contributed by atoms with Crippen LogP contribution >= 0.6 is 11.6 Å². The van der Waals surface area contributed by atoms with E-state index in [1.165, 1.54) is 0 Å². The molecule has 1 aromatic carbocycles. The molecule has 1 heterocycles. The number of halogens is 1. The van der Waals surface area contributed by atoms with Crippen molar-refractivity contribution in [1.29, 1.82) is 0 Å². The Balaban J connectivity index is 2.12. The quantitative estimate of drug-likeness (QED) is 0.794. The van der Waals surface area contributed by atoms with Gasteiger partial charge in [-0.2, -0.15) is 0 Å². The molecule has 5 nitrogen and oxygen atoms in total. The second kappa shape index (κ2) is 7.32. The molecular formula is C17H22ClNO4. The van der Waals surface area contributed by atoms with Gasteiger partial charge in [0.1, 0.15) is 11.7 Å². The van der Waals surface area contributed by atoms with Crippen molar-refractivity contribution in [3.63, 3.8) is 0 Å². The lowest BCUT2D eigenvalue weighted by Gasteiger charge is -2.38. The van der Waals surface area contributed by atoms with Gasteiger partial charge in [0, 0.05) is 5.02 Å². The summed E-state index contributed by atoms with van der Waals surface area (Å²) in [5.74, 6) is 0. The number of nitrogens with zero attached hydrogens (tertiary/aromatic N) is 1. The van der Waals surface area contributed by atoms with E-state index in [0.29, 0.717) is 18.1 Å². The molecule has 1 aromatic rings. The summed E-state index contributed by atoms with van der Waals surface area (Å²) in [6.45, 7) is 5.95. The van der Waals surface area contributed by atoms with Crippen LogP contribution in [0.4, 0.5) is 4.79 Å². The van der Waals surface area contributed by atoms with Crippen LogP contribution in [0.5, 0.6) is 0 Å². The third-order valence-corrected chi connectivity index (χ3v) is 3.74. The van der Waals surface area contributed by atoms with Crippen LogP contribution in [0.15, 0.2) is 24.3 Å². The van der Waals surface area contributed by atoms with Gasteiger partial charge in [-0.25, -0.2) is 4.79 Å². The van der Waals surface area contributed by atoms with E-state index in [2.05, 4.69) is 0 Å². The summed E-state index contributed by atoms with van der Waals surface area (Å²) >= 11 is 5.90. The number of rotatable bonds is 3. The van der Waals surface area contributed by atoms with Crippen molar-refractivity contribution >= 4 is 24.0 Å². The fourth-order valence-corrected chi connectivity index (χ4v) is 2.53. The second-order valence-electron chi connectivity index (χ2n) is 6.62. The molecule has 0 aromatic heterocycles. The number of benzene rings is 1. The number of aldehydes is 1. The fourth-order valence-electron chi connectivity index (χ4n) is 2.41. The van der Waals surface area contributed by atoms with Gasteiger partial charge in [-0.3, -0.25) is 4.90 Å². The Labute approximate surface area is 141 Å². The average molecular weight is 340 g/mol. The molecule has 0 N–H and O–H groups in total. The highest BCUT2D eigenvalue weighted by atomic mass is 35.5. The Morgan fingerprint density at radius 2 is 2.04 bits per heavy atom. The second-order valence-corrected chi connectivity index (χ2v) is 7.06. The first-order valence-corrected chi connectivity index (χ1v) is 7.97. The minimum atomic E-state index is -0.607. The Bertz CT molecular complexity index is 553. The van der Waals surface area contributed by atoms with Gasteiger partial charge in [0.25, 0.3) is 0 Å².